The lowest BCUT2D eigenvalue weighted by molar-refractivity contribution is -0.130. The van der Waals surface area contributed by atoms with Gasteiger partial charge in [0.1, 0.15) is 0 Å². The molecular formula is C23H23N3O2. The molecule has 28 heavy (non-hydrogen) atoms. The van der Waals surface area contributed by atoms with Gasteiger partial charge in [-0.3, -0.25) is 14.6 Å². The molecule has 0 spiro atoms. The molecule has 5 nitrogen and oxygen atoms in total. The third-order valence-corrected chi connectivity index (χ3v) is 5.43. The van der Waals surface area contributed by atoms with Gasteiger partial charge in [0.2, 0.25) is 11.8 Å². The molecule has 2 heterocycles. The molecule has 0 aliphatic carbocycles. The van der Waals surface area contributed by atoms with Crippen LogP contribution in [0.3, 0.4) is 0 Å². The van der Waals surface area contributed by atoms with Crippen LogP contribution in [0.5, 0.6) is 0 Å². The van der Waals surface area contributed by atoms with Crippen LogP contribution in [0.4, 0.5) is 0 Å². The Morgan fingerprint density at radius 3 is 2.61 bits per heavy atom. The van der Waals surface area contributed by atoms with Gasteiger partial charge in [0.05, 0.1) is 11.1 Å². The summed E-state index contributed by atoms with van der Waals surface area (Å²) >= 11 is 0. The number of likely N-dealkylation sites (tertiary alicyclic amines) is 1. The van der Waals surface area contributed by atoms with Gasteiger partial charge in [0.25, 0.3) is 0 Å². The van der Waals surface area contributed by atoms with Gasteiger partial charge in [0.15, 0.2) is 0 Å². The van der Waals surface area contributed by atoms with Crippen molar-refractivity contribution in [3.8, 4) is 0 Å². The molecule has 5 heteroatoms. The maximum atomic E-state index is 12.6. The van der Waals surface area contributed by atoms with E-state index in [-0.39, 0.29) is 11.8 Å². The molecule has 0 bridgehead atoms. The first-order valence-electron chi connectivity index (χ1n) is 9.63. The molecule has 1 saturated heterocycles. The summed E-state index contributed by atoms with van der Waals surface area (Å²) in [5, 5.41) is 0.771. The average Bonchev–Trinajstić information content (AvgIpc) is 3.22. The number of hydrogen-bond acceptors (Lipinski definition) is 3. The summed E-state index contributed by atoms with van der Waals surface area (Å²) in [6.45, 7) is 1.36. The number of nitrogens with zero attached hydrogens (tertiary/aromatic N) is 2. The van der Waals surface area contributed by atoms with E-state index in [2.05, 4.69) is 0 Å². The smallest absolute Gasteiger partial charge is 0.249 e. The molecular weight excluding hydrogens is 350 g/mol. The molecule has 4 rings (SSSR count). The molecule has 1 aliphatic rings. The number of carbonyl (C=O) groups is 2. The number of pyridine rings is 1. The lowest BCUT2D eigenvalue weighted by Gasteiger charge is -2.17. The predicted molar refractivity (Wildman–Crippen MR) is 109 cm³/mol. The van der Waals surface area contributed by atoms with Crippen LogP contribution in [0.25, 0.3) is 10.9 Å². The maximum absolute atomic E-state index is 12.6. The lowest BCUT2D eigenvalue weighted by atomic mass is 9.99. The summed E-state index contributed by atoms with van der Waals surface area (Å²) in [4.78, 5) is 31.2. The molecule has 0 saturated carbocycles. The molecule has 2 N–H and O–H groups in total. The largest absolute Gasteiger partial charge is 0.366 e. The second-order valence-corrected chi connectivity index (χ2v) is 7.29. The predicted octanol–water partition coefficient (Wildman–Crippen LogP) is 3.28. The van der Waals surface area contributed by atoms with Crippen molar-refractivity contribution in [1.82, 2.24) is 9.88 Å². The minimum Gasteiger partial charge on any atom is -0.366 e. The van der Waals surface area contributed by atoms with E-state index >= 15 is 0 Å². The fourth-order valence-electron chi connectivity index (χ4n) is 3.89. The molecule has 1 aromatic heterocycles. The van der Waals surface area contributed by atoms with Gasteiger partial charge in [-0.15, -0.1) is 0 Å². The summed E-state index contributed by atoms with van der Waals surface area (Å²) in [6.07, 6.45) is 2.11. The highest BCUT2D eigenvalue weighted by Crippen LogP contribution is 2.29. The minimum atomic E-state index is -0.450. The fraction of sp³-hybridized carbons (Fsp3) is 0.261. The number of primary amides is 1. The maximum Gasteiger partial charge on any atom is 0.249 e. The summed E-state index contributed by atoms with van der Waals surface area (Å²) < 4.78 is 0. The summed E-state index contributed by atoms with van der Waals surface area (Å²) in [7, 11) is 0. The number of carbonyl (C=O) groups excluding carboxylic acids is 2. The number of para-hydroxylation sites is 1. The molecule has 1 atom stereocenters. The van der Waals surface area contributed by atoms with Crippen LogP contribution in [0.2, 0.25) is 0 Å². The van der Waals surface area contributed by atoms with E-state index in [0.29, 0.717) is 18.5 Å². The number of hydrogen-bond donors (Lipinski definition) is 1. The van der Waals surface area contributed by atoms with Crippen LogP contribution >= 0.6 is 0 Å². The molecule has 2 amide bonds. The number of benzene rings is 2. The van der Waals surface area contributed by atoms with Gasteiger partial charge in [0, 0.05) is 36.5 Å². The third-order valence-electron chi connectivity index (χ3n) is 5.43. The van der Waals surface area contributed by atoms with Gasteiger partial charge in [-0.1, -0.05) is 48.5 Å². The van der Waals surface area contributed by atoms with E-state index in [1.165, 1.54) is 5.56 Å². The van der Waals surface area contributed by atoms with Crippen LogP contribution in [-0.4, -0.2) is 34.8 Å². The normalized spacial score (nSPS) is 16.4. The fourth-order valence-corrected chi connectivity index (χ4v) is 3.89. The van der Waals surface area contributed by atoms with Crippen molar-refractivity contribution in [3.05, 3.63) is 77.5 Å². The van der Waals surface area contributed by atoms with Gasteiger partial charge >= 0.3 is 0 Å². The highest BCUT2D eigenvalue weighted by atomic mass is 16.2. The first-order valence-corrected chi connectivity index (χ1v) is 9.63. The Morgan fingerprint density at radius 2 is 1.82 bits per heavy atom. The molecule has 1 unspecified atom stereocenters. The van der Waals surface area contributed by atoms with Crippen molar-refractivity contribution in [2.24, 2.45) is 5.73 Å². The van der Waals surface area contributed by atoms with Gasteiger partial charge < -0.3 is 10.6 Å². The van der Waals surface area contributed by atoms with E-state index in [0.717, 1.165) is 36.0 Å². The van der Waals surface area contributed by atoms with E-state index in [9.17, 15) is 9.59 Å². The monoisotopic (exact) mass is 373 g/mol. The summed E-state index contributed by atoms with van der Waals surface area (Å²) in [5.41, 5.74) is 8.86. The lowest BCUT2D eigenvalue weighted by Crippen LogP contribution is -2.28. The average molecular weight is 373 g/mol. The summed E-state index contributed by atoms with van der Waals surface area (Å²) in [5.74, 6) is -0.153. The number of aromatic nitrogens is 1. The minimum absolute atomic E-state index is 0.128. The first kappa shape index (κ1) is 18.2. The van der Waals surface area contributed by atoms with Crippen molar-refractivity contribution in [2.45, 2.75) is 25.2 Å². The Balaban J connectivity index is 1.48. The van der Waals surface area contributed by atoms with Crippen molar-refractivity contribution in [1.29, 1.82) is 0 Å². The van der Waals surface area contributed by atoms with E-state index in [4.69, 9.17) is 10.7 Å². The molecule has 1 fully saturated rings. The van der Waals surface area contributed by atoms with Crippen molar-refractivity contribution in [3.63, 3.8) is 0 Å². The standard InChI is InChI=1S/C23H23N3O2/c24-23(28)19-14-21(25-20-9-5-4-8-18(19)20)17-12-13-26(15-17)22(27)11-10-16-6-2-1-3-7-16/h1-9,14,17H,10-13,15H2,(H2,24,28). The van der Waals surface area contributed by atoms with E-state index < -0.39 is 5.91 Å². The van der Waals surface area contributed by atoms with Gasteiger partial charge in [-0.05, 0) is 30.5 Å². The number of aryl methyl sites for hydroxylation is 1. The van der Waals surface area contributed by atoms with Crippen LogP contribution in [0, 0.1) is 0 Å². The topological polar surface area (TPSA) is 76.3 Å². The second-order valence-electron chi connectivity index (χ2n) is 7.29. The number of nitrogens with two attached hydrogens (primary N) is 1. The van der Waals surface area contributed by atoms with Crippen molar-refractivity contribution >= 4 is 22.7 Å². The number of fused-ring (bicyclic) bond motifs is 1. The Kier molecular flexibility index (Phi) is 5.06. The van der Waals surface area contributed by atoms with E-state index in [1.807, 2.05) is 59.5 Å². The Morgan fingerprint density at radius 1 is 1.07 bits per heavy atom. The molecule has 1 aliphatic heterocycles. The van der Waals surface area contributed by atoms with Gasteiger partial charge in [-0.25, -0.2) is 0 Å². The Labute approximate surface area is 164 Å². The second kappa shape index (κ2) is 7.80. The van der Waals surface area contributed by atoms with Crippen LogP contribution in [0.1, 0.15) is 40.4 Å². The zero-order valence-corrected chi connectivity index (χ0v) is 15.7. The Hall–Kier alpha value is -3.21. The van der Waals surface area contributed by atoms with Crippen molar-refractivity contribution < 1.29 is 9.59 Å². The highest BCUT2D eigenvalue weighted by molar-refractivity contribution is 6.05. The molecule has 0 radical (unpaired) electrons. The zero-order chi connectivity index (χ0) is 19.5. The number of rotatable bonds is 5. The molecule has 142 valence electrons. The van der Waals surface area contributed by atoms with Crippen LogP contribution in [0.15, 0.2) is 60.7 Å². The summed E-state index contributed by atoms with van der Waals surface area (Å²) in [6, 6.07) is 19.4. The van der Waals surface area contributed by atoms with Crippen LogP contribution in [-0.2, 0) is 11.2 Å². The van der Waals surface area contributed by atoms with Gasteiger partial charge in [-0.2, -0.15) is 0 Å². The molecule has 3 aromatic rings. The highest BCUT2D eigenvalue weighted by Gasteiger charge is 2.28. The third kappa shape index (κ3) is 3.74. The first-order chi connectivity index (χ1) is 13.6. The molecule has 2 aromatic carbocycles. The zero-order valence-electron chi connectivity index (χ0n) is 15.7. The van der Waals surface area contributed by atoms with Crippen LogP contribution < -0.4 is 5.73 Å². The number of amides is 2. The van der Waals surface area contributed by atoms with Crippen molar-refractivity contribution in [2.75, 3.05) is 13.1 Å². The quantitative estimate of drug-likeness (QED) is 0.746. The SMILES string of the molecule is NC(=O)c1cc(C2CCN(C(=O)CCc3ccccc3)C2)nc2ccccc12. The van der Waals surface area contributed by atoms with E-state index in [1.54, 1.807) is 6.07 Å². The Bertz CT molecular complexity index is 1020.